The van der Waals surface area contributed by atoms with Crippen molar-refractivity contribution in [2.75, 3.05) is 6.61 Å². The van der Waals surface area contributed by atoms with Crippen molar-refractivity contribution in [3.8, 4) is 0 Å². The summed E-state index contributed by atoms with van der Waals surface area (Å²) in [6.45, 7) is 5.55. The Morgan fingerprint density at radius 3 is 2.76 bits per heavy atom. The van der Waals surface area contributed by atoms with Crippen LogP contribution >= 0.6 is 0 Å². The number of hydrogen-bond donors (Lipinski definition) is 0. The van der Waals surface area contributed by atoms with Crippen molar-refractivity contribution in [2.24, 2.45) is 10.4 Å². The molecular formula is C22H31NO2. The van der Waals surface area contributed by atoms with Crippen LogP contribution in [0.5, 0.6) is 0 Å². The predicted molar refractivity (Wildman–Crippen MR) is 103 cm³/mol. The maximum Gasteiger partial charge on any atom is 0.157 e. The molecule has 3 rings (SSSR count). The minimum Gasteiger partial charge on any atom is -0.353 e. The lowest BCUT2D eigenvalue weighted by atomic mass is 9.70. The van der Waals surface area contributed by atoms with E-state index in [1.165, 1.54) is 24.8 Å². The summed E-state index contributed by atoms with van der Waals surface area (Å²) in [5, 5.41) is 0. The number of nitrogens with zero attached hydrogens (tertiary/aromatic N) is 1. The van der Waals surface area contributed by atoms with E-state index in [-0.39, 0.29) is 17.8 Å². The smallest absolute Gasteiger partial charge is 0.157 e. The van der Waals surface area contributed by atoms with Gasteiger partial charge < -0.3 is 9.47 Å². The first-order valence-electron chi connectivity index (χ1n) is 9.75. The molecule has 0 spiro atoms. The summed E-state index contributed by atoms with van der Waals surface area (Å²) in [5.41, 5.74) is 1.21. The molecule has 3 nitrogen and oxygen atoms in total. The van der Waals surface area contributed by atoms with Gasteiger partial charge in [-0.3, -0.25) is 4.99 Å². The summed E-state index contributed by atoms with van der Waals surface area (Å²) in [6, 6.07) is 10.4. The molecule has 1 heterocycles. The average Bonchev–Trinajstić information content (AvgIpc) is 2.66. The van der Waals surface area contributed by atoms with Crippen molar-refractivity contribution >= 4 is 6.21 Å². The molecule has 3 heteroatoms. The van der Waals surface area contributed by atoms with Crippen molar-refractivity contribution in [1.29, 1.82) is 0 Å². The molecule has 0 radical (unpaired) electrons. The van der Waals surface area contributed by atoms with Crippen molar-refractivity contribution in [3.63, 3.8) is 0 Å². The van der Waals surface area contributed by atoms with Gasteiger partial charge in [0, 0.05) is 18.2 Å². The van der Waals surface area contributed by atoms with Crippen LogP contribution in [0.3, 0.4) is 0 Å². The zero-order chi connectivity index (χ0) is 17.4. The van der Waals surface area contributed by atoms with Gasteiger partial charge in [-0.1, -0.05) is 49.2 Å². The van der Waals surface area contributed by atoms with Gasteiger partial charge in [-0.05, 0) is 44.1 Å². The summed E-state index contributed by atoms with van der Waals surface area (Å²) in [5.74, 6) is 0. The van der Waals surface area contributed by atoms with E-state index in [1.54, 1.807) is 0 Å². The minimum atomic E-state index is -0.0384. The molecule has 1 aromatic rings. The maximum absolute atomic E-state index is 6.44. The molecule has 136 valence electrons. The lowest BCUT2D eigenvalue weighted by Crippen LogP contribution is -2.44. The Morgan fingerprint density at radius 1 is 1.16 bits per heavy atom. The second-order valence-electron chi connectivity index (χ2n) is 7.35. The third-order valence-electron chi connectivity index (χ3n) is 5.44. The summed E-state index contributed by atoms with van der Waals surface area (Å²) in [7, 11) is 0. The second-order valence-corrected chi connectivity index (χ2v) is 7.35. The molecular weight excluding hydrogens is 310 g/mol. The van der Waals surface area contributed by atoms with Gasteiger partial charge in [0.1, 0.15) is 0 Å². The van der Waals surface area contributed by atoms with Crippen LogP contribution in [-0.4, -0.2) is 25.2 Å². The highest BCUT2D eigenvalue weighted by molar-refractivity contribution is 5.67. The first-order valence-corrected chi connectivity index (χ1v) is 9.75. The molecule has 0 bridgehead atoms. The third kappa shape index (κ3) is 5.02. The lowest BCUT2D eigenvalue weighted by molar-refractivity contribution is -0.210. The summed E-state index contributed by atoms with van der Waals surface area (Å²) in [4.78, 5) is 4.81. The van der Waals surface area contributed by atoms with E-state index in [9.17, 15) is 0 Å². The van der Waals surface area contributed by atoms with Crippen molar-refractivity contribution in [3.05, 3.63) is 48.6 Å². The van der Waals surface area contributed by atoms with Crippen LogP contribution in [-0.2, 0) is 16.0 Å². The molecule has 1 aliphatic carbocycles. The van der Waals surface area contributed by atoms with Gasteiger partial charge >= 0.3 is 0 Å². The van der Waals surface area contributed by atoms with E-state index in [2.05, 4.69) is 37.1 Å². The second kappa shape index (κ2) is 9.30. The average molecular weight is 341 g/mol. The largest absolute Gasteiger partial charge is 0.353 e. The van der Waals surface area contributed by atoms with Crippen molar-refractivity contribution < 1.29 is 9.47 Å². The van der Waals surface area contributed by atoms with Crippen LogP contribution in [0.15, 0.2) is 48.0 Å². The predicted octanol–water partition coefficient (Wildman–Crippen LogP) is 5.31. The van der Waals surface area contributed by atoms with Crippen LogP contribution in [0.25, 0.3) is 0 Å². The van der Waals surface area contributed by atoms with Crippen molar-refractivity contribution in [2.45, 2.75) is 70.3 Å². The van der Waals surface area contributed by atoms with Crippen LogP contribution in [0, 0.1) is 5.41 Å². The standard InChI is InChI=1S/C22H31NO2/c1-2-14-22(18-23-17-19-10-4-3-5-11-19)15-8-6-12-20(22)25-21-13-7-9-16-24-21/h2-5,10-11,18,20-21H,1,6-9,12-17H2/t20-,21?,22-/m0/s1. The fourth-order valence-electron chi connectivity index (χ4n) is 4.06. The Bertz CT molecular complexity index is 550. The number of hydrogen-bond acceptors (Lipinski definition) is 3. The highest BCUT2D eigenvalue weighted by Crippen LogP contribution is 2.41. The van der Waals surface area contributed by atoms with Crippen LogP contribution in [0.1, 0.15) is 56.9 Å². The SMILES string of the molecule is C=CC[C@@]1(C=NCc2ccccc2)CCCC[C@@H]1OC1CCCCO1. The van der Waals surface area contributed by atoms with Gasteiger partial charge in [0.05, 0.1) is 12.6 Å². The number of allylic oxidation sites excluding steroid dienone is 1. The van der Waals surface area contributed by atoms with E-state index in [1.807, 2.05) is 12.1 Å². The molecule has 0 N–H and O–H groups in total. The van der Waals surface area contributed by atoms with Gasteiger partial charge in [0.2, 0.25) is 0 Å². The van der Waals surface area contributed by atoms with Crippen molar-refractivity contribution in [1.82, 2.24) is 0 Å². The molecule has 0 amide bonds. The monoisotopic (exact) mass is 341 g/mol. The number of benzene rings is 1. The van der Waals surface area contributed by atoms with E-state index >= 15 is 0 Å². The van der Waals surface area contributed by atoms with E-state index in [4.69, 9.17) is 14.5 Å². The number of ether oxygens (including phenoxy) is 2. The van der Waals surface area contributed by atoms with E-state index in [0.29, 0.717) is 0 Å². The highest BCUT2D eigenvalue weighted by atomic mass is 16.7. The molecule has 3 atom stereocenters. The van der Waals surface area contributed by atoms with Crippen LogP contribution < -0.4 is 0 Å². The van der Waals surface area contributed by atoms with E-state index in [0.717, 1.165) is 45.3 Å². The normalized spacial score (nSPS) is 30.4. The fraction of sp³-hybridized carbons (Fsp3) is 0.591. The molecule has 2 fully saturated rings. The molecule has 1 saturated carbocycles. The summed E-state index contributed by atoms with van der Waals surface area (Å²) < 4.78 is 12.3. The van der Waals surface area contributed by atoms with Gasteiger partial charge in [0.15, 0.2) is 6.29 Å². The van der Waals surface area contributed by atoms with Gasteiger partial charge in [-0.2, -0.15) is 0 Å². The quantitative estimate of drug-likeness (QED) is 0.497. The third-order valence-corrected chi connectivity index (χ3v) is 5.44. The Balaban J connectivity index is 1.70. The lowest BCUT2D eigenvalue weighted by Gasteiger charge is -2.42. The zero-order valence-electron chi connectivity index (χ0n) is 15.2. The molecule has 1 aliphatic heterocycles. The number of aliphatic imine (C=N–C) groups is 1. The van der Waals surface area contributed by atoms with Crippen LogP contribution in [0.2, 0.25) is 0 Å². The van der Waals surface area contributed by atoms with E-state index < -0.39 is 0 Å². The Hall–Kier alpha value is -1.45. The Kier molecular flexibility index (Phi) is 6.83. The molecule has 25 heavy (non-hydrogen) atoms. The van der Waals surface area contributed by atoms with Gasteiger partial charge in [-0.25, -0.2) is 0 Å². The Labute approximate surface area is 152 Å². The summed E-state index contributed by atoms with van der Waals surface area (Å²) in [6.07, 6.45) is 13.3. The molecule has 1 saturated heterocycles. The summed E-state index contributed by atoms with van der Waals surface area (Å²) >= 11 is 0. The minimum absolute atomic E-state index is 0.0322. The van der Waals surface area contributed by atoms with Gasteiger partial charge in [-0.15, -0.1) is 6.58 Å². The first-order chi connectivity index (χ1) is 12.3. The van der Waals surface area contributed by atoms with Gasteiger partial charge in [0.25, 0.3) is 0 Å². The topological polar surface area (TPSA) is 30.8 Å². The zero-order valence-corrected chi connectivity index (χ0v) is 15.2. The maximum atomic E-state index is 6.44. The molecule has 1 unspecified atom stereocenters. The first kappa shape index (κ1) is 18.3. The molecule has 2 aliphatic rings. The fourth-order valence-corrected chi connectivity index (χ4v) is 4.06. The highest BCUT2D eigenvalue weighted by Gasteiger charge is 2.41. The number of rotatable bonds is 7. The molecule has 1 aromatic carbocycles. The molecule has 0 aromatic heterocycles. The van der Waals surface area contributed by atoms with Crippen LogP contribution in [0.4, 0.5) is 0 Å². The Morgan fingerprint density at radius 2 is 2.00 bits per heavy atom.